The van der Waals surface area contributed by atoms with Gasteiger partial charge in [0.15, 0.2) is 0 Å². The summed E-state index contributed by atoms with van der Waals surface area (Å²) in [6, 6.07) is 8.28. The van der Waals surface area contributed by atoms with Crippen LogP contribution >= 0.6 is 0 Å². The molecule has 0 saturated heterocycles. The highest BCUT2D eigenvalue weighted by Gasteiger charge is 2.19. The van der Waals surface area contributed by atoms with Crippen LogP contribution in [0.1, 0.15) is 5.56 Å². The molecule has 112 valence electrons. The summed E-state index contributed by atoms with van der Waals surface area (Å²) in [4.78, 5) is -0.0753. The van der Waals surface area contributed by atoms with Crippen LogP contribution in [0.25, 0.3) is 0 Å². The standard InChI is InChI=1S/C14H15FN2O3S/c1-9-7-10(15)3-5-12(9)20-13-6-4-11(16)8-14(13)21(18,19)17-2/h3-8,17H,16H2,1-2H3. The first-order valence-corrected chi connectivity index (χ1v) is 7.59. The maximum atomic E-state index is 13.1. The topological polar surface area (TPSA) is 81.4 Å². The Hall–Kier alpha value is -2.12. The Morgan fingerprint density at radius 3 is 2.43 bits per heavy atom. The van der Waals surface area contributed by atoms with E-state index in [2.05, 4.69) is 4.72 Å². The van der Waals surface area contributed by atoms with Crippen molar-refractivity contribution in [3.63, 3.8) is 0 Å². The quantitative estimate of drug-likeness (QED) is 0.850. The first kappa shape index (κ1) is 15.3. The zero-order valence-electron chi connectivity index (χ0n) is 11.6. The molecule has 0 aliphatic rings. The molecule has 0 fully saturated rings. The van der Waals surface area contributed by atoms with Crippen LogP contribution in [-0.4, -0.2) is 15.5 Å². The van der Waals surface area contributed by atoms with Crippen LogP contribution in [0, 0.1) is 12.7 Å². The number of nitrogens with one attached hydrogen (secondary N) is 1. The Kier molecular flexibility index (Phi) is 4.15. The second-order valence-electron chi connectivity index (χ2n) is 4.43. The van der Waals surface area contributed by atoms with Crippen LogP contribution in [-0.2, 0) is 10.0 Å². The van der Waals surface area contributed by atoms with E-state index in [1.165, 1.54) is 43.4 Å². The normalized spacial score (nSPS) is 11.4. The van der Waals surface area contributed by atoms with E-state index in [0.717, 1.165) is 0 Å². The summed E-state index contributed by atoms with van der Waals surface area (Å²) < 4.78 is 44.9. The smallest absolute Gasteiger partial charge is 0.244 e. The van der Waals surface area contributed by atoms with E-state index < -0.39 is 10.0 Å². The molecule has 21 heavy (non-hydrogen) atoms. The predicted molar refractivity (Wildman–Crippen MR) is 78.3 cm³/mol. The fourth-order valence-electron chi connectivity index (χ4n) is 1.77. The van der Waals surface area contributed by atoms with Crippen molar-refractivity contribution in [2.45, 2.75) is 11.8 Å². The third-order valence-corrected chi connectivity index (χ3v) is 4.32. The maximum absolute atomic E-state index is 13.1. The number of hydrogen-bond acceptors (Lipinski definition) is 4. The third-order valence-electron chi connectivity index (χ3n) is 2.88. The molecule has 0 unspecified atom stereocenters. The van der Waals surface area contributed by atoms with E-state index in [-0.39, 0.29) is 16.5 Å². The van der Waals surface area contributed by atoms with Crippen LogP contribution in [0.5, 0.6) is 11.5 Å². The Labute approximate surface area is 122 Å². The van der Waals surface area contributed by atoms with Gasteiger partial charge in [-0.3, -0.25) is 0 Å². The van der Waals surface area contributed by atoms with Crippen molar-refractivity contribution in [1.29, 1.82) is 0 Å². The van der Waals surface area contributed by atoms with Gasteiger partial charge in [-0.15, -0.1) is 0 Å². The van der Waals surface area contributed by atoms with Crippen molar-refractivity contribution in [2.24, 2.45) is 0 Å². The number of benzene rings is 2. The fourth-order valence-corrected chi connectivity index (χ4v) is 2.66. The molecule has 7 heteroatoms. The number of ether oxygens (including phenoxy) is 1. The number of nitrogen functional groups attached to an aromatic ring is 1. The van der Waals surface area contributed by atoms with Gasteiger partial charge in [0.25, 0.3) is 0 Å². The minimum atomic E-state index is -3.72. The van der Waals surface area contributed by atoms with Gasteiger partial charge in [0.2, 0.25) is 10.0 Å². The first-order chi connectivity index (χ1) is 9.83. The van der Waals surface area contributed by atoms with Crippen LogP contribution in [0.3, 0.4) is 0 Å². The van der Waals surface area contributed by atoms with Gasteiger partial charge in [0.05, 0.1) is 0 Å². The molecular weight excluding hydrogens is 295 g/mol. The summed E-state index contributed by atoms with van der Waals surface area (Å²) >= 11 is 0. The van der Waals surface area contributed by atoms with Gasteiger partial charge in [0.1, 0.15) is 22.2 Å². The van der Waals surface area contributed by atoms with Gasteiger partial charge < -0.3 is 10.5 Å². The van der Waals surface area contributed by atoms with Crippen LogP contribution in [0.2, 0.25) is 0 Å². The van der Waals surface area contributed by atoms with Crippen molar-refractivity contribution >= 4 is 15.7 Å². The van der Waals surface area contributed by atoms with E-state index in [1.807, 2.05) is 0 Å². The second kappa shape index (κ2) is 5.71. The summed E-state index contributed by atoms with van der Waals surface area (Å²) in [5.74, 6) is 0.0993. The molecular formula is C14H15FN2O3S. The first-order valence-electron chi connectivity index (χ1n) is 6.10. The minimum Gasteiger partial charge on any atom is -0.456 e. The lowest BCUT2D eigenvalue weighted by atomic mass is 10.2. The molecule has 3 N–H and O–H groups in total. The molecule has 0 atom stereocenters. The SMILES string of the molecule is CNS(=O)(=O)c1cc(N)ccc1Oc1ccc(F)cc1C. The molecule has 2 aromatic rings. The van der Waals surface area contributed by atoms with Crippen molar-refractivity contribution in [3.8, 4) is 11.5 Å². The van der Waals surface area contributed by atoms with E-state index in [4.69, 9.17) is 10.5 Å². The molecule has 0 heterocycles. The Balaban J connectivity index is 2.50. The average Bonchev–Trinajstić information content (AvgIpc) is 2.43. The predicted octanol–water partition coefficient (Wildman–Crippen LogP) is 2.42. The molecule has 0 aliphatic carbocycles. The molecule has 0 bridgehead atoms. The number of aryl methyl sites for hydroxylation is 1. The number of rotatable bonds is 4. The third kappa shape index (κ3) is 3.32. The summed E-state index contributed by atoms with van der Waals surface area (Å²) in [6.07, 6.45) is 0. The lowest BCUT2D eigenvalue weighted by Gasteiger charge is -2.13. The molecule has 0 aromatic heterocycles. The zero-order chi connectivity index (χ0) is 15.6. The van der Waals surface area contributed by atoms with Gasteiger partial charge in [-0.25, -0.2) is 17.5 Å². The lowest BCUT2D eigenvalue weighted by molar-refractivity contribution is 0.461. The second-order valence-corrected chi connectivity index (χ2v) is 6.28. The highest BCUT2D eigenvalue weighted by atomic mass is 32.2. The summed E-state index contributed by atoms with van der Waals surface area (Å²) in [6.45, 7) is 1.67. The zero-order valence-corrected chi connectivity index (χ0v) is 12.4. The molecule has 2 aromatic carbocycles. The molecule has 2 rings (SSSR count). The largest absolute Gasteiger partial charge is 0.456 e. The molecule has 5 nitrogen and oxygen atoms in total. The highest BCUT2D eigenvalue weighted by molar-refractivity contribution is 7.89. The number of sulfonamides is 1. The average molecular weight is 310 g/mol. The van der Waals surface area contributed by atoms with Crippen molar-refractivity contribution in [3.05, 3.63) is 47.8 Å². The highest BCUT2D eigenvalue weighted by Crippen LogP contribution is 2.32. The van der Waals surface area contributed by atoms with E-state index in [0.29, 0.717) is 17.0 Å². The van der Waals surface area contributed by atoms with Crippen molar-refractivity contribution < 1.29 is 17.5 Å². The Morgan fingerprint density at radius 2 is 1.81 bits per heavy atom. The van der Waals surface area contributed by atoms with Gasteiger partial charge in [-0.05, 0) is 55.9 Å². The van der Waals surface area contributed by atoms with Crippen molar-refractivity contribution in [1.82, 2.24) is 4.72 Å². The van der Waals surface area contributed by atoms with E-state index in [9.17, 15) is 12.8 Å². The number of nitrogens with two attached hydrogens (primary N) is 1. The Morgan fingerprint density at radius 1 is 1.14 bits per heavy atom. The Bertz CT molecular complexity index is 776. The van der Waals surface area contributed by atoms with Gasteiger partial charge >= 0.3 is 0 Å². The maximum Gasteiger partial charge on any atom is 0.244 e. The molecule has 0 radical (unpaired) electrons. The van der Waals surface area contributed by atoms with Gasteiger partial charge in [-0.2, -0.15) is 0 Å². The number of hydrogen-bond donors (Lipinski definition) is 2. The number of anilines is 1. The minimum absolute atomic E-state index is 0.0753. The number of halogens is 1. The van der Waals surface area contributed by atoms with Gasteiger partial charge in [0, 0.05) is 5.69 Å². The van der Waals surface area contributed by atoms with Crippen molar-refractivity contribution in [2.75, 3.05) is 12.8 Å². The molecule has 0 amide bonds. The molecule has 0 spiro atoms. The van der Waals surface area contributed by atoms with E-state index >= 15 is 0 Å². The fraction of sp³-hybridized carbons (Fsp3) is 0.143. The molecule has 0 aliphatic heterocycles. The van der Waals surface area contributed by atoms with Crippen LogP contribution in [0.4, 0.5) is 10.1 Å². The summed E-state index contributed by atoms with van der Waals surface area (Å²) in [7, 11) is -2.42. The summed E-state index contributed by atoms with van der Waals surface area (Å²) in [5, 5.41) is 0. The van der Waals surface area contributed by atoms with E-state index in [1.54, 1.807) is 6.92 Å². The summed E-state index contributed by atoms with van der Waals surface area (Å²) in [5.41, 5.74) is 6.48. The molecule has 0 saturated carbocycles. The van der Waals surface area contributed by atoms with Gasteiger partial charge in [-0.1, -0.05) is 0 Å². The van der Waals surface area contributed by atoms with Crippen LogP contribution in [0.15, 0.2) is 41.3 Å². The lowest BCUT2D eigenvalue weighted by Crippen LogP contribution is -2.19. The monoisotopic (exact) mass is 310 g/mol. The van der Waals surface area contributed by atoms with Crippen LogP contribution < -0.4 is 15.2 Å².